The van der Waals surface area contributed by atoms with E-state index < -0.39 is 72.0 Å². The summed E-state index contributed by atoms with van der Waals surface area (Å²) in [6, 6.07) is -4.88. The lowest BCUT2D eigenvalue weighted by atomic mass is 9.58. The van der Waals surface area contributed by atoms with E-state index in [9.17, 15) is 29.1 Å². The first-order chi connectivity index (χ1) is 25.4. The molecule has 0 radical (unpaired) electrons. The van der Waals surface area contributed by atoms with Crippen molar-refractivity contribution in [2.24, 2.45) is 46.7 Å². The summed E-state index contributed by atoms with van der Waals surface area (Å²) in [5.74, 6) is -1.21. The average Bonchev–Trinajstić information content (AvgIpc) is 3.10. The Labute approximate surface area is 323 Å². The molecule has 1 saturated heterocycles. The maximum Gasteiger partial charge on any atom is 0.245 e. The van der Waals surface area contributed by atoms with Gasteiger partial charge >= 0.3 is 0 Å². The monoisotopic (exact) mass is 761 g/mol. The number of carbonyl (C=O) groups excluding carboxylic acids is 5. The van der Waals surface area contributed by atoms with E-state index in [1.807, 2.05) is 20.8 Å². The first-order valence-electron chi connectivity index (χ1n) is 20.9. The lowest BCUT2D eigenvalue weighted by Crippen LogP contribution is -2.62. The summed E-state index contributed by atoms with van der Waals surface area (Å²) in [7, 11) is 1.67. The maximum absolute atomic E-state index is 14.6. The number of hydrogen-bond donors (Lipinski definition) is 6. The van der Waals surface area contributed by atoms with Gasteiger partial charge in [0.25, 0.3) is 0 Å². The van der Waals surface area contributed by atoms with E-state index in [1.54, 1.807) is 14.0 Å². The molecule has 7 N–H and O–H groups in total. The van der Waals surface area contributed by atoms with Crippen LogP contribution in [0.3, 0.4) is 0 Å². The summed E-state index contributed by atoms with van der Waals surface area (Å²) in [6.45, 7) is 13.6. The van der Waals surface area contributed by atoms with Crippen molar-refractivity contribution in [2.75, 3.05) is 20.2 Å². The van der Waals surface area contributed by atoms with E-state index in [1.165, 1.54) is 31.1 Å². The van der Waals surface area contributed by atoms with Crippen LogP contribution < -0.4 is 27.0 Å². The Morgan fingerprint density at radius 3 is 2.06 bits per heavy atom. The molecule has 10 atom stereocenters. The molecule has 0 aromatic carbocycles. The van der Waals surface area contributed by atoms with Crippen LogP contribution in [0.5, 0.6) is 0 Å². The third kappa shape index (κ3) is 11.6. The van der Waals surface area contributed by atoms with Gasteiger partial charge in [-0.2, -0.15) is 0 Å². The summed E-state index contributed by atoms with van der Waals surface area (Å²) >= 11 is 0. The molecule has 308 valence electrons. The number of amides is 5. The van der Waals surface area contributed by atoms with Gasteiger partial charge < -0.3 is 41.7 Å². The molecule has 5 amide bonds. The zero-order valence-corrected chi connectivity index (χ0v) is 34.3. The van der Waals surface area contributed by atoms with Gasteiger partial charge in [-0.15, -0.1) is 0 Å². The molecule has 3 saturated carbocycles. The summed E-state index contributed by atoms with van der Waals surface area (Å²) in [6.07, 6.45) is 9.41. The SMILES string of the molecule is CC(C)C[C@H]1C(=O)N[C@@H](C2CCCCC2)C(=O)N[C@@H](CN)C(=O)N[C@@H]([C@H](C)O)C(=O)N[C@H](C)CO[C@H](CC2(C)CC3CC(C)CC(C3)C2)[C@@H](C)C(=O)N1C. The third-order valence-corrected chi connectivity index (χ3v) is 12.7. The van der Waals surface area contributed by atoms with E-state index in [0.29, 0.717) is 24.7 Å². The molecule has 2 bridgehead atoms. The van der Waals surface area contributed by atoms with Gasteiger partial charge in [-0.1, -0.05) is 53.9 Å². The smallest absolute Gasteiger partial charge is 0.245 e. The summed E-state index contributed by atoms with van der Waals surface area (Å²) in [5, 5.41) is 21.8. The van der Waals surface area contributed by atoms with Crippen LogP contribution in [0.1, 0.15) is 126 Å². The Balaban J connectivity index is 1.70. The van der Waals surface area contributed by atoms with Crippen molar-refractivity contribution >= 4 is 29.5 Å². The summed E-state index contributed by atoms with van der Waals surface area (Å²) in [4.78, 5) is 71.5. The Kier molecular flexibility index (Phi) is 15.8. The fourth-order valence-corrected chi connectivity index (χ4v) is 10.2. The molecule has 0 spiro atoms. The largest absolute Gasteiger partial charge is 0.391 e. The second-order valence-electron chi connectivity index (χ2n) is 18.5. The number of nitrogens with two attached hydrogens (primary N) is 1. The van der Waals surface area contributed by atoms with Crippen molar-refractivity contribution in [3.8, 4) is 0 Å². The van der Waals surface area contributed by atoms with Gasteiger partial charge in [0.1, 0.15) is 24.2 Å². The van der Waals surface area contributed by atoms with Gasteiger partial charge in [0.05, 0.1) is 24.7 Å². The quantitative estimate of drug-likeness (QED) is 0.228. The lowest BCUT2D eigenvalue weighted by molar-refractivity contribution is -0.148. The molecule has 13 heteroatoms. The van der Waals surface area contributed by atoms with Crippen molar-refractivity contribution in [2.45, 2.75) is 168 Å². The van der Waals surface area contributed by atoms with Gasteiger partial charge in [0, 0.05) is 19.6 Å². The minimum atomic E-state index is -1.33. The summed E-state index contributed by atoms with van der Waals surface area (Å²) in [5.41, 5.74) is 5.94. The van der Waals surface area contributed by atoms with Crippen molar-refractivity contribution in [3.63, 3.8) is 0 Å². The number of hydrogen-bond acceptors (Lipinski definition) is 8. The standard InChI is InChI=1S/C41H72N6O7/c1-23(2)14-32-37(50)46-35(30-12-10-9-11-13-30)39(52)44-31(21-42)36(49)45-34(27(6)48)38(51)43-25(4)22-54-33(26(5)40(53)47(32)8)20-41(7)18-28-15-24(3)16-29(17-28)19-41/h23-35,48H,9-22,42H2,1-8H3,(H,43,51)(H,44,52)(H,45,49)(H,46,50)/t24?,25-,26-,27+,28?,29?,31+,32+,33-,34+,35+,41?/m1/s1. The molecule has 0 aromatic rings. The van der Waals surface area contributed by atoms with Crippen LogP contribution >= 0.6 is 0 Å². The molecule has 4 fully saturated rings. The number of fused-ring (bicyclic) bond motifs is 2. The van der Waals surface area contributed by atoms with E-state index in [-0.39, 0.29) is 36.3 Å². The number of rotatable bonds is 7. The highest BCUT2D eigenvalue weighted by Gasteiger charge is 2.45. The Bertz CT molecular complexity index is 1290. The van der Waals surface area contributed by atoms with Crippen LogP contribution in [0.4, 0.5) is 0 Å². The normalized spacial score (nSPS) is 38.0. The molecule has 54 heavy (non-hydrogen) atoms. The zero-order valence-electron chi connectivity index (χ0n) is 34.3. The minimum Gasteiger partial charge on any atom is -0.391 e. The van der Waals surface area contributed by atoms with E-state index in [0.717, 1.165) is 50.9 Å². The molecule has 3 aliphatic carbocycles. The van der Waals surface area contributed by atoms with Crippen LogP contribution in [-0.4, -0.2) is 102 Å². The third-order valence-electron chi connectivity index (χ3n) is 12.7. The molecule has 0 aromatic heterocycles. The van der Waals surface area contributed by atoms with Crippen molar-refractivity contribution in [1.82, 2.24) is 26.2 Å². The number of nitrogens with one attached hydrogen (secondary N) is 4. The molecule has 4 rings (SSSR count). The Morgan fingerprint density at radius 2 is 1.48 bits per heavy atom. The van der Waals surface area contributed by atoms with E-state index in [4.69, 9.17) is 10.5 Å². The second-order valence-corrected chi connectivity index (χ2v) is 18.5. The predicted octanol–water partition coefficient (Wildman–Crippen LogP) is 3.02. The van der Waals surface area contributed by atoms with Crippen LogP contribution in [0.15, 0.2) is 0 Å². The summed E-state index contributed by atoms with van der Waals surface area (Å²) < 4.78 is 6.63. The number of nitrogens with zero attached hydrogens (tertiary/aromatic N) is 1. The first kappa shape index (κ1) is 44.0. The molecular formula is C41H72N6O7. The van der Waals surface area contributed by atoms with E-state index >= 15 is 0 Å². The number of ether oxygens (including phenoxy) is 1. The van der Waals surface area contributed by atoms with Gasteiger partial charge in [-0.05, 0) is 107 Å². The van der Waals surface area contributed by atoms with Crippen molar-refractivity contribution in [1.29, 1.82) is 0 Å². The highest BCUT2D eigenvalue weighted by molar-refractivity contribution is 5.96. The maximum atomic E-state index is 14.6. The number of aliphatic hydroxyl groups excluding tert-OH is 1. The molecule has 1 heterocycles. The van der Waals surface area contributed by atoms with Gasteiger partial charge in [0.2, 0.25) is 29.5 Å². The van der Waals surface area contributed by atoms with Crippen molar-refractivity contribution in [3.05, 3.63) is 0 Å². The van der Waals surface area contributed by atoms with Crippen LogP contribution in [0, 0.1) is 40.9 Å². The molecular weight excluding hydrogens is 688 g/mol. The minimum absolute atomic E-state index is 0.0379. The van der Waals surface area contributed by atoms with Gasteiger partial charge in [-0.3, -0.25) is 24.0 Å². The van der Waals surface area contributed by atoms with Crippen LogP contribution in [0.25, 0.3) is 0 Å². The highest BCUT2D eigenvalue weighted by atomic mass is 16.5. The fraction of sp³-hybridized carbons (Fsp3) is 0.878. The topological polar surface area (TPSA) is 192 Å². The Hall–Kier alpha value is -2.77. The molecule has 1 aliphatic heterocycles. The molecule has 4 aliphatic rings. The highest BCUT2D eigenvalue weighted by Crippen LogP contribution is 2.52. The molecule has 2 unspecified atom stereocenters. The number of likely N-dealkylation sites (N-methyl/N-ethyl adjacent to an activating group) is 1. The van der Waals surface area contributed by atoms with Gasteiger partial charge in [0.15, 0.2) is 0 Å². The number of carbonyl (C=O) groups is 5. The first-order valence-corrected chi connectivity index (χ1v) is 20.9. The van der Waals surface area contributed by atoms with E-state index in [2.05, 4.69) is 35.1 Å². The molecule has 13 nitrogen and oxygen atoms in total. The van der Waals surface area contributed by atoms with Crippen molar-refractivity contribution < 1.29 is 33.8 Å². The average molecular weight is 761 g/mol. The zero-order chi connectivity index (χ0) is 39.9. The number of aliphatic hydroxyl groups is 1. The lowest BCUT2D eigenvalue weighted by Gasteiger charge is -2.49. The van der Waals surface area contributed by atoms with Crippen LogP contribution in [0.2, 0.25) is 0 Å². The van der Waals surface area contributed by atoms with Crippen LogP contribution in [-0.2, 0) is 28.7 Å². The van der Waals surface area contributed by atoms with Gasteiger partial charge in [-0.25, -0.2) is 0 Å². The Morgan fingerprint density at radius 1 is 0.852 bits per heavy atom. The predicted molar refractivity (Wildman–Crippen MR) is 208 cm³/mol. The fourth-order valence-electron chi connectivity index (χ4n) is 10.2. The second kappa shape index (κ2) is 19.4.